The van der Waals surface area contributed by atoms with Crippen LogP contribution in [0.25, 0.3) is 11.1 Å². The van der Waals surface area contributed by atoms with Crippen molar-refractivity contribution in [3.05, 3.63) is 77.6 Å². The predicted molar refractivity (Wildman–Crippen MR) is 116 cm³/mol. The van der Waals surface area contributed by atoms with Gasteiger partial charge in [0, 0.05) is 11.8 Å². The second-order valence-corrected chi connectivity index (χ2v) is 8.11. The summed E-state index contributed by atoms with van der Waals surface area (Å²) < 4.78 is 78.3. The van der Waals surface area contributed by atoms with Crippen LogP contribution in [0, 0.1) is 0 Å². The number of nitrogens with zero attached hydrogens (tertiary/aromatic N) is 2. The van der Waals surface area contributed by atoms with Crippen LogP contribution < -0.4 is 16.0 Å². The summed E-state index contributed by atoms with van der Waals surface area (Å²) in [5.41, 5.74) is -2.71. The van der Waals surface area contributed by atoms with Gasteiger partial charge in [-0.25, -0.2) is 4.79 Å². The van der Waals surface area contributed by atoms with E-state index in [-0.39, 0.29) is 16.8 Å². The second kappa shape index (κ2) is 9.26. The van der Waals surface area contributed by atoms with Gasteiger partial charge in [0.15, 0.2) is 5.54 Å². The first kappa shape index (κ1) is 25.7. The molecule has 1 aliphatic rings. The van der Waals surface area contributed by atoms with Crippen LogP contribution in [-0.4, -0.2) is 40.3 Å². The fourth-order valence-electron chi connectivity index (χ4n) is 3.96. The molecule has 37 heavy (non-hydrogen) atoms. The van der Waals surface area contributed by atoms with Gasteiger partial charge in [0.1, 0.15) is 6.54 Å². The highest BCUT2D eigenvalue weighted by molar-refractivity contribution is 6.08. The van der Waals surface area contributed by atoms with Crippen molar-refractivity contribution in [1.82, 2.24) is 25.7 Å². The third-order valence-electron chi connectivity index (χ3n) is 5.63. The molecule has 0 unspecified atom stereocenters. The van der Waals surface area contributed by atoms with Gasteiger partial charge < -0.3 is 10.6 Å². The van der Waals surface area contributed by atoms with Gasteiger partial charge in [-0.15, -0.1) is 0 Å². The zero-order chi connectivity index (χ0) is 27.0. The smallest absolute Gasteiger partial charge is 0.349 e. The molecule has 3 aromatic rings. The number of rotatable bonds is 6. The number of aromatic nitrogens is 2. The van der Waals surface area contributed by atoms with Gasteiger partial charge in [-0.1, -0.05) is 30.3 Å². The van der Waals surface area contributed by atoms with Crippen molar-refractivity contribution >= 4 is 17.8 Å². The summed E-state index contributed by atoms with van der Waals surface area (Å²) in [4.78, 5) is 37.7. The lowest BCUT2D eigenvalue weighted by atomic mass is 9.94. The molecule has 4 amide bonds. The maximum atomic E-state index is 13.1. The molecular weight excluding hydrogens is 508 g/mol. The average Bonchev–Trinajstić information content (AvgIpc) is 3.39. The van der Waals surface area contributed by atoms with Crippen molar-refractivity contribution in [3.8, 4) is 11.1 Å². The largest absolute Gasteiger partial charge is 0.416 e. The maximum Gasteiger partial charge on any atom is 0.416 e. The summed E-state index contributed by atoms with van der Waals surface area (Å²) in [5, 5.41) is 10.2. The summed E-state index contributed by atoms with van der Waals surface area (Å²) in [6.07, 6.45) is -8.22. The van der Waals surface area contributed by atoms with E-state index >= 15 is 0 Å². The van der Waals surface area contributed by atoms with Crippen LogP contribution in [0.4, 0.5) is 31.1 Å². The molecule has 1 saturated heterocycles. The van der Waals surface area contributed by atoms with Crippen molar-refractivity contribution in [3.63, 3.8) is 0 Å². The van der Waals surface area contributed by atoms with Gasteiger partial charge >= 0.3 is 18.4 Å². The third kappa shape index (κ3) is 5.27. The Balaban J connectivity index is 1.63. The number of imide groups is 1. The molecule has 1 aromatic heterocycles. The fourth-order valence-corrected chi connectivity index (χ4v) is 3.96. The lowest BCUT2D eigenvalue weighted by Gasteiger charge is -2.27. The zero-order valence-corrected chi connectivity index (χ0v) is 18.6. The lowest BCUT2D eigenvalue weighted by Crippen LogP contribution is -2.54. The normalized spacial score (nSPS) is 17.9. The molecule has 0 spiro atoms. The van der Waals surface area contributed by atoms with E-state index in [0.29, 0.717) is 10.2 Å². The molecule has 194 valence electrons. The van der Waals surface area contributed by atoms with Crippen molar-refractivity contribution in [2.75, 3.05) is 6.54 Å². The monoisotopic (exact) mass is 525 g/mol. The zero-order valence-electron chi connectivity index (χ0n) is 18.6. The molecular formula is C23H17F6N5O3. The highest BCUT2D eigenvalue weighted by Gasteiger charge is 2.51. The molecule has 8 nitrogen and oxygen atoms in total. The Morgan fingerprint density at radius 1 is 0.973 bits per heavy atom. The molecule has 4 rings (SSSR count). The molecule has 0 saturated carbocycles. The van der Waals surface area contributed by atoms with E-state index in [1.165, 1.54) is 30.3 Å². The molecule has 3 N–H and O–H groups in total. The molecule has 1 atom stereocenters. The van der Waals surface area contributed by atoms with Crippen molar-refractivity contribution in [1.29, 1.82) is 0 Å². The van der Waals surface area contributed by atoms with Crippen LogP contribution in [0.3, 0.4) is 0 Å². The number of halogens is 6. The molecule has 0 bridgehead atoms. The van der Waals surface area contributed by atoms with E-state index in [4.69, 9.17) is 0 Å². The molecule has 0 aliphatic carbocycles. The van der Waals surface area contributed by atoms with Crippen molar-refractivity contribution in [2.45, 2.75) is 24.4 Å². The van der Waals surface area contributed by atoms with Gasteiger partial charge in [-0.3, -0.25) is 19.6 Å². The quantitative estimate of drug-likeness (QED) is 0.338. The Morgan fingerprint density at radius 2 is 1.65 bits per heavy atom. The minimum Gasteiger partial charge on any atom is -0.349 e. The first-order valence-corrected chi connectivity index (χ1v) is 10.6. The Labute approximate surface area is 204 Å². The van der Waals surface area contributed by atoms with Crippen LogP contribution in [0.2, 0.25) is 0 Å². The van der Waals surface area contributed by atoms with Crippen LogP contribution in [-0.2, 0) is 23.1 Å². The van der Waals surface area contributed by atoms with Crippen LogP contribution >= 0.6 is 0 Å². The number of alkyl halides is 6. The topological polar surface area (TPSA) is 105 Å². The summed E-state index contributed by atoms with van der Waals surface area (Å²) in [5.74, 6) is -1.79. The highest BCUT2D eigenvalue weighted by Crippen LogP contribution is 2.32. The summed E-state index contributed by atoms with van der Waals surface area (Å²) in [6.45, 7) is -2.20. The van der Waals surface area contributed by atoms with E-state index in [2.05, 4.69) is 15.7 Å². The van der Waals surface area contributed by atoms with E-state index in [1.807, 2.05) is 5.32 Å². The van der Waals surface area contributed by atoms with E-state index in [9.17, 15) is 40.7 Å². The number of carbonyl (C=O) groups is 3. The second-order valence-electron chi connectivity index (χ2n) is 8.11. The Bertz CT molecular complexity index is 1350. The van der Waals surface area contributed by atoms with E-state index in [1.54, 1.807) is 6.07 Å². The number of hydrogen-bond donors (Lipinski definition) is 3. The number of carbonyl (C=O) groups excluding carboxylic acids is 3. The summed E-state index contributed by atoms with van der Waals surface area (Å²) in [6, 6.07) is 10.2. The van der Waals surface area contributed by atoms with Crippen molar-refractivity contribution < 1.29 is 40.7 Å². The number of urea groups is 1. The standard InChI is InChI=1S/C23H17F6N5O3/c24-22(25,26)12-34-17(9-10-31-34)21(19(36)32-20(37)33-21)11-30-18(35)16-4-2-1-3-15(16)13-5-7-14(8-6-13)23(27,28)29/h1-10H,11-12H2,(H,30,35)(H2,32,33,36,37)/t21-/m1/s1. The van der Waals surface area contributed by atoms with Gasteiger partial charge in [0.2, 0.25) is 0 Å². The van der Waals surface area contributed by atoms with Gasteiger partial charge in [-0.05, 0) is 35.4 Å². The van der Waals surface area contributed by atoms with Gasteiger partial charge in [0.05, 0.1) is 17.8 Å². The van der Waals surface area contributed by atoms with Crippen LogP contribution in [0.1, 0.15) is 21.6 Å². The van der Waals surface area contributed by atoms with Gasteiger partial charge in [-0.2, -0.15) is 31.4 Å². The number of amides is 4. The van der Waals surface area contributed by atoms with Crippen LogP contribution in [0.5, 0.6) is 0 Å². The Hall–Kier alpha value is -4.36. The van der Waals surface area contributed by atoms with E-state index < -0.39 is 54.4 Å². The SMILES string of the molecule is O=C1NC(=O)[C@@](CNC(=O)c2ccccc2-c2ccc(C(F)(F)F)cc2)(c2ccnn2CC(F)(F)F)N1. The lowest BCUT2D eigenvalue weighted by molar-refractivity contribution is -0.144. The average molecular weight is 525 g/mol. The molecule has 14 heteroatoms. The molecule has 2 heterocycles. The van der Waals surface area contributed by atoms with Gasteiger partial charge in [0.25, 0.3) is 11.8 Å². The molecule has 1 aliphatic heterocycles. The first-order valence-electron chi connectivity index (χ1n) is 10.6. The Morgan fingerprint density at radius 3 is 2.24 bits per heavy atom. The predicted octanol–water partition coefficient (Wildman–Crippen LogP) is 3.60. The number of hydrogen-bond acceptors (Lipinski definition) is 4. The molecule has 1 fully saturated rings. The third-order valence-corrected chi connectivity index (χ3v) is 5.63. The van der Waals surface area contributed by atoms with E-state index in [0.717, 1.165) is 24.4 Å². The number of nitrogens with one attached hydrogen (secondary N) is 3. The molecule has 2 aromatic carbocycles. The Kier molecular flexibility index (Phi) is 6.44. The van der Waals surface area contributed by atoms with Crippen LogP contribution in [0.15, 0.2) is 60.8 Å². The summed E-state index contributed by atoms with van der Waals surface area (Å²) >= 11 is 0. The highest BCUT2D eigenvalue weighted by atomic mass is 19.4. The summed E-state index contributed by atoms with van der Waals surface area (Å²) in [7, 11) is 0. The number of benzene rings is 2. The first-order chi connectivity index (χ1) is 17.3. The van der Waals surface area contributed by atoms with Crippen molar-refractivity contribution in [2.24, 2.45) is 0 Å². The fraction of sp³-hybridized carbons (Fsp3) is 0.217. The maximum absolute atomic E-state index is 13.1. The minimum absolute atomic E-state index is 0.0194. The molecule has 0 radical (unpaired) electrons. The minimum atomic E-state index is -4.69.